The topological polar surface area (TPSA) is 37.8 Å². The smallest absolute Gasteiger partial charge is 0.279 e. The Morgan fingerprint density at radius 3 is 2.09 bits per heavy atom. The summed E-state index contributed by atoms with van der Waals surface area (Å²) >= 11 is 23.8. The summed E-state index contributed by atoms with van der Waals surface area (Å²) in [5.74, 6) is 0. The van der Waals surface area contributed by atoms with Gasteiger partial charge in [0.2, 0.25) is 0 Å². The Hall–Kier alpha value is -1.39. The molecule has 0 amide bonds. The highest BCUT2D eigenvalue weighted by molar-refractivity contribution is 6.42. The van der Waals surface area contributed by atoms with E-state index in [-0.39, 0.29) is 5.56 Å². The number of halogens is 4. The summed E-state index contributed by atoms with van der Waals surface area (Å²) in [6.45, 7) is 0. The third-order valence-corrected chi connectivity index (χ3v) is 4.64. The molecule has 1 N–H and O–H groups in total. The quantitative estimate of drug-likeness (QED) is 0.637. The SMILES string of the molecule is O=c1c(-c2ccc(Cl)c(Cl)c2)c[nH]n1-c1ccc(Cl)c(Cl)c1. The van der Waals surface area contributed by atoms with Gasteiger partial charge in [-0.25, -0.2) is 4.68 Å². The first kappa shape index (κ1) is 15.5. The number of rotatable bonds is 2. The maximum atomic E-state index is 12.5. The largest absolute Gasteiger partial charge is 0.298 e. The van der Waals surface area contributed by atoms with Crippen LogP contribution in [0.5, 0.6) is 0 Å². The Labute approximate surface area is 146 Å². The van der Waals surface area contributed by atoms with Gasteiger partial charge in [-0.2, -0.15) is 0 Å². The van der Waals surface area contributed by atoms with E-state index in [1.54, 1.807) is 42.6 Å². The van der Waals surface area contributed by atoms with Gasteiger partial charge in [-0.15, -0.1) is 0 Å². The van der Waals surface area contributed by atoms with Gasteiger partial charge in [-0.05, 0) is 35.9 Å². The van der Waals surface area contributed by atoms with E-state index in [9.17, 15) is 4.79 Å². The van der Waals surface area contributed by atoms with Crippen LogP contribution in [-0.2, 0) is 0 Å². The molecule has 1 aromatic heterocycles. The van der Waals surface area contributed by atoms with Gasteiger partial charge in [0.05, 0.1) is 31.3 Å². The summed E-state index contributed by atoms with van der Waals surface area (Å²) in [7, 11) is 0. The molecule has 0 unspecified atom stereocenters. The number of aromatic nitrogens is 2. The van der Waals surface area contributed by atoms with Gasteiger partial charge in [-0.1, -0.05) is 52.5 Å². The Morgan fingerprint density at radius 1 is 0.818 bits per heavy atom. The zero-order valence-corrected chi connectivity index (χ0v) is 13.9. The molecule has 112 valence electrons. The molecular weight excluding hydrogens is 366 g/mol. The molecule has 0 aliphatic carbocycles. The van der Waals surface area contributed by atoms with Crippen LogP contribution in [-0.4, -0.2) is 9.78 Å². The minimum absolute atomic E-state index is 0.225. The Bertz CT molecular complexity index is 842. The number of benzene rings is 2. The molecule has 3 rings (SSSR count). The summed E-state index contributed by atoms with van der Waals surface area (Å²) in [6, 6.07) is 9.97. The van der Waals surface area contributed by atoms with Crippen LogP contribution in [0.3, 0.4) is 0 Å². The van der Waals surface area contributed by atoms with E-state index in [1.807, 2.05) is 0 Å². The molecule has 2 aromatic carbocycles. The average Bonchev–Trinajstić information content (AvgIpc) is 2.87. The van der Waals surface area contributed by atoms with E-state index in [0.29, 0.717) is 36.9 Å². The normalized spacial score (nSPS) is 10.9. The highest BCUT2D eigenvalue weighted by Crippen LogP contribution is 2.28. The summed E-state index contributed by atoms with van der Waals surface area (Å²) in [6.07, 6.45) is 1.60. The van der Waals surface area contributed by atoms with Crippen molar-refractivity contribution < 1.29 is 0 Å². The van der Waals surface area contributed by atoms with Crippen LogP contribution in [0.1, 0.15) is 0 Å². The minimum atomic E-state index is -0.225. The summed E-state index contributed by atoms with van der Waals surface area (Å²) < 4.78 is 1.38. The molecule has 0 radical (unpaired) electrons. The van der Waals surface area contributed by atoms with Gasteiger partial charge < -0.3 is 0 Å². The number of nitrogens with zero attached hydrogens (tertiary/aromatic N) is 1. The van der Waals surface area contributed by atoms with Crippen molar-refractivity contribution in [1.82, 2.24) is 9.78 Å². The van der Waals surface area contributed by atoms with Crippen molar-refractivity contribution in [2.24, 2.45) is 0 Å². The third kappa shape index (κ3) is 2.77. The average molecular weight is 374 g/mol. The number of nitrogens with one attached hydrogen (secondary N) is 1. The predicted molar refractivity (Wildman–Crippen MR) is 91.9 cm³/mol. The highest BCUT2D eigenvalue weighted by atomic mass is 35.5. The molecule has 0 fully saturated rings. The van der Waals surface area contributed by atoms with Crippen LogP contribution in [0.15, 0.2) is 47.4 Å². The number of H-pyrrole nitrogens is 1. The van der Waals surface area contributed by atoms with Crippen molar-refractivity contribution in [1.29, 1.82) is 0 Å². The van der Waals surface area contributed by atoms with E-state index >= 15 is 0 Å². The van der Waals surface area contributed by atoms with Crippen LogP contribution < -0.4 is 5.56 Å². The first-order chi connectivity index (χ1) is 10.5. The number of hydrogen-bond acceptors (Lipinski definition) is 1. The fourth-order valence-corrected chi connectivity index (χ4v) is 2.65. The van der Waals surface area contributed by atoms with Gasteiger partial charge in [0, 0.05) is 6.20 Å². The van der Waals surface area contributed by atoms with Crippen molar-refractivity contribution in [3.63, 3.8) is 0 Å². The zero-order valence-electron chi connectivity index (χ0n) is 10.9. The first-order valence-electron chi connectivity index (χ1n) is 6.18. The molecular formula is C15H8Cl4N2O. The van der Waals surface area contributed by atoms with Gasteiger partial charge in [0.15, 0.2) is 0 Å². The monoisotopic (exact) mass is 372 g/mol. The molecule has 0 saturated carbocycles. The van der Waals surface area contributed by atoms with E-state index in [0.717, 1.165) is 0 Å². The lowest BCUT2D eigenvalue weighted by molar-refractivity contribution is 0.850. The lowest BCUT2D eigenvalue weighted by atomic mass is 10.1. The second-order valence-corrected chi connectivity index (χ2v) is 6.18. The number of hydrogen-bond donors (Lipinski definition) is 1. The van der Waals surface area contributed by atoms with Gasteiger partial charge >= 0.3 is 0 Å². The molecule has 3 aromatic rings. The van der Waals surface area contributed by atoms with Crippen molar-refractivity contribution in [3.8, 4) is 16.8 Å². The lowest BCUT2D eigenvalue weighted by Gasteiger charge is -2.03. The summed E-state index contributed by atoms with van der Waals surface area (Å²) in [5, 5.41) is 4.52. The van der Waals surface area contributed by atoms with Crippen LogP contribution >= 0.6 is 46.4 Å². The van der Waals surface area contributed by atoms with Crippen molar-refractivity contribution in [3.05, 3.63) is 73.0 Å². The molecule has 3 nitrogen and oxygen atoms in total. The Balaban J connectivity index is 2.10. The number of aromatic amines is 1. The van der Waals surface area contributed by atoms with Gasteiger partial charge in [0.1, 0.15) is 0 Å². The van der Waals surface area contributed by atoms with E-state index < -0.39 is 0 Å². The molecule has 0 spiro atoms. The molecule has 0 aliphatic rings. The molecule has 0 atom stereocenters. The molecule has 1 heterocycles. The van der Waals surface area contributed by atoms with Crippen LogP contribution in [0, 0.1) is 0 Å². The van der Waals surface area contributed by atoms with E-state index in [1.165, 1.54) is 4.68 Å². The van der Waals surface area contributed by atoms with Gasteiger partial charge in [-0.3, -0.25) is 9.89 Å². The second-order valence-electron chi connectivity index (χ2n) is 4.55. The van der Waals surface area contributed by atoms with Crippen LogP contribution in [0.25, 0.3) is 16.8 Å². The third-order valence-electron chi connectivity index (χ3n) is 3.16. The Kier molecular flexibility index (Phi) is 4.24. The fraction of sp³-hybridized carbons (Fsp3) is 0. The van der Waals surface area contributed by atoms with Crippen LogP contribution in [0.4, 0.5) is 0 Å². The zero-order chi connectivity index (χ0) is 15.9. The summed E-state index contributed by atoms with van der Waals surface area (Å²) in [4.78, 5) is 12.5. The predicted octanol–water partition coefficient (Wildman–Crippen LogP) is 5.45. The highest BCUT2D eigenvalue weighted by Gasteiger charge is 2.12. The molecule has 0 bridgehead atoms. The summed E-state index contributed by atoms with van der Waals surface area (Å²) in [5.41, 5.74) is 1.52. The lowest BCUT2D eigenvalue weighted by Crippen LogP contribution is -2.15. The van der Waals surface area contributed by atoms with Crippen LogP contribution in [0.2, 0.25) is 20.1 Å². The maximum Gasteiger partial charge on any atom is 0.279 e. The van der Waals surface area contributed by atoms with E-state index in [4.69, 9.17) is 46.4 Å². The molecule has 7 heteroatoms. The first-order valence-corrected chi connectivity index (χ1v) is 7.70. The maximum absolute atomic E-state index is 12.5. The molecule has 0 aliphatic heterocycles. The second kappa shape index (κ2) is 6.01. The van der Waals surface area contributed by atoms with Gasteiger partial charge in [0.25, 0.3) is 5.56 Å². The minimum Gasteiger partial charge on any atom is -0.298 e. The van der Waals surface area contributed by atoms with Crippen molar-refractivity contribution >= 4 is 46.4 Å². The standard InChI is InChI=1S/C15H8Cl4N2O/c16-11-3-1-8(5-13(11)18)10-7-20-21(15(10)22)9-2-4-12(17)14(19)6-9/h1-7,20H. The molecule has 0 saturated heterocycles. The molecule has 22 heavy (non-hydrogen) atoms. The van der Waals surface area contributed by atoms with Crippen molar-refractivity contribution in [2.75, 3.05) is 0 Å². The fourth-order valence-electron chi connectivity index (χ4n) is 2.06. The van der Waals surface area contributed by atoms with E-state index in [2.05, 4.69) is 5.10 Å². The Morgan fingerprint density at radius 2 is 1.45 bits per heavy atom. The van der Waals surface area contributed by atoms with Crippen molar-refractivity contribution in [2.45, 2.75) is 0 Å².